The molecule has 2 aromatic rings. The summed E-state index contributed by atoms with van der Waals surface area (Å²) in [5.74, 6) is 1.84. The molecule has 0 bridgehead atoms. The van der Waals surface area contributed by atoms with Gasteiger partial charge < -0.3 is 10.5 Å². The van der Waals surface area contributed by atoms with E-state index in [1.54, 1.807) is 0 Å². The first-order valence-corrected chi connectivity index (χ1v) is 14.0. The zero-order valence-electron chi connectivity index (χ0n) is 18.6. The summed E-state index contributed by atoms with van der Waals surface area (Å²) in [6.45, 7) is 0.395. The molecule has 4 nitrogen and oxygen atoms in total. The number of hydrogen-bond acceptors (Lipinski definition) is 4. The summed E-state index contributed by atoms with van der Waals surface area (Å²) < 4.78 is 30.4. The molecule has 2 N–H and O–H groups in total. The predicted octanol–water partition coefficient (Wildman–Crippen LogP) is 6.00. The second kappa shape index (κ2) is 11.6. The maximum atomic E-state index is 12.2. The van der Waals surface area contributed by atoms with E-state index in [-0.39, 0.29) is 30.1 Å². The fourth-order valence-corrected chi connectivity index (χ4v) is 6.84. The number of hydrogen-bond donors (Lipinski definition) is 1. The molecule has 33 heavy (non-hydrogen) atoms. The highest BCUT2D eigenvalue weighted by atomic mass is 35.5. The smallest absolute Gasteiger partial charge is 0.150 e. The molecule has 8 heteroatoms. The summed E-state index contributed by atoms with van der Waals surface area (Å²) >= 11 is 12.3. The fraction of sp³-hybridized carbons (Fsp3) is 0.520. The molecule has 1 saturated carbocycles. The van der Waals surface area contributed by atoms with Crippen LogP contribution in [-0.4, -0.2) is 32.6 Å². The zero-order chi connectivity index (χ0) is 22.7. The number of fused-ring (bicyclic) bond motifs is 1. The van der Waals surface area contributed by atoms with E-state index in [1.807, 2.05) is 24.3 Å². The summed E-state index contributed by atoms with van der Waals surface area (Å²) in [6.07, 6.45) is 6.46. The lowest BCUT2D eigenvalue weighted by molar-refractivity contribution is 0.315. The van der Waals surface area contributed by atoms with Crippen LogP contribution in [0.25, 0.3) is 0 Å². The van der Waals surface area contributed by atoms with E-state index >= 15 is 0 Å². The van der Waals surface area contributed by atoms with Gasteiger partial charge in [-0.3, -0.25) is 0 Å². The lowest BCUT2D eigenvalue weighted by Crippen LogP contribution is -2.34. The summed E-state index contributed by atoms with van der Waals surface area (Å²) in [5, 5.41) is 1.10. The van der Waals surface area contributed by atoms with Crippen molar-refractivity contribution in [3.05, 3.63) is 63.1 Å². The molecule has 182 valence electrons. The SMILES string of the molecule is Cl.NC1CCc2ccc(OCCCS(=O)(=O)CC3CCC3)cc2C1Cc1ccc(Cl)c(Cl)c1. The van der Waals surface area contributed by atoms with Crippen molar-refractivity contribution in [3.8, 4) is 5.75 Å². The van der Waals surface area contributed by atoms with Gasteiger partial charge in [0.25, 0.3) is 0 Å². The van der Waals surface area contributed by atoms with Crippen LogP contribution in [0.2, 0.25) is 10.0 Å². The Morgan fingerprint density at radius 3 is 2.52 bits per heavy atom. The van der Waals surface area contributed by atoms with E-state index in [2.05, 4.69) is 12.1 Å². The highest BCUT2D eigenvalue weighted by Gasteiger charge is 2.28. The van der Waals surface area contributed by atoms with Crippen LogP contribution in [0.1, 0.15) is 54.7 Å². The summed E-state index contributed by atoms with van der Waals surface area (Å²) in [4.78, 5) is 0. The molecule has 2 aliphatic carbocycles. The molecule has 0 aromatic heterocycles. The van der Waals surface area contributed by atoms with E-state index in [0.717, 1.165) is 49.8 Å². The third-order valence-corrected chi connectivity index (χ3v) is 9.43. The van der Waals surface area contributed by atoms with Crippen molar-refractivity contribution in [2.75, 3.05) is 18.1 Å². The van der Waals surface area contributed by atoms with Crippen molar-refractivity contribution in [3.63, 3.8) is 0 Å². The largest absolute Gasteiger partial charge is 0.494 e. The maximum absolute atomic E-state index is 12.2. The first-order valence-electron chi connectivity index (χ1n) is 11.5. The molecule has 1 fully saturated rings. The summed E-state index contributed by atoms with van der Waals surface area (Å²) in [7, 11) is -2.98. The number of benzene rings is 2. The fourth-order valence-electron chi connectivity index (χ4n) is 4.74. The molecule has 2 aromatic carbocycles. The quantitative estimate of drug-likeness (QED) is 0.402. The van der Waals surface area contributed by atoms with Crippen molar-refractivity contribution in [2.24, 2.45) is 11.7 Å². The minimum Gasteiger partial charge on any atom is -0.494 e. The summed E-state index contributed by atoms with van der Waals surface area (Å²) in [5.41, 5.74) is 10.1. The van der Waals surface area contributed by atoms with Crippen LogP contribution in [0.3, 0.4) is 0 Å². The van der Waals surface area contributed by atoms with Gasteiger partial charge in [0.1, 0.15) is 5.75 Å². The molecule has 2 atom stereocenters. The third-order valence-electron chi connectivity index (χ3n) is 6.80. The predicted molar refractivity (Wildman–Crippen MR) is 139 cm³/mol. The van der Waals surface area contributed by atoms with Crippen LogP contribution >= 0.6 is 35.6 Å². The zero-order valence-corrected chi connectivity index (χ0v) is 21.8. The molecule has 4 rings (SSSR count). The lowest BCUT2D eigenvalue weighted by Gasteiger charge is -2.32. The number of rotatable bonds is 9. The van der Waals surface area contributed by atoms with Crippen LogP contribution in [0, 0.1) is 5.92 Å². The number of aryl methyl sites for hydroxylation is 1. The van der Waals surface area contributed by atoms with Gasteiger partial charge in [-0.05, 0) is 85.4 Å². The van der Waals surface area contributed by atoms with Gasteiger partial charge in [0.05, 0.1) is 28.2 Å². The molecular weight excluding hydrogens is 501 g/mol. The van der Waals surface area contributed by atoms with Crippen molar-refractivity contribution < 1.29 is 13.2 Å². The minimum atomic E-state index is -2.98. The Morgan fingerprint density at radius 2 is 1.82 bits per heavy atom. The molecule has 0 heterocycles. The van der Waals surface area contributed by atoms with Gasteiger partial charge in [0.2, 0.25) is 0 Å². The molecule has 0 spiro atoms. The minimum absolute atomic E-state index is 0. The standard InChI is InChI=1S/C25H31Cl2NO3S.ClH/c26-23-9-5-18(14-24(23)27)13-22-21-15-20(8-6-19(21)7-10-25(22)28)31-11-2-12-32(29,30)16-17-3-1-4-17;/h5-6,8-9,14-15,17,22,25H,1-4,7,10-13,16,28H2;1H. The maximum Gasteiger partial charge on any atom is 0.150 e. The number of sulfone groups is 1. The first-order chi connectivity index (χ1) is 15.3. The molecular formula is C25H32Cl3NO3S. The van der Waals surface area contributed by atoms with Gasteiger partial charge in [0, 0.05) is 12.0 Å². The molecule has 0 amide bonds. The molecule has 0 radical (unpaired) electrons. The first kappa shape index (κ1) is 26.6. The number of ether oxygens (including phenoxy) is 1. The molecule has 0 aliphatic heterocycles. The Labute approximate surface area is 213 Å². The second-order valence-corrected chi connectivity index (χ2v) is 12.3. The molecule has 0 saturated heterocycles. The highest BCUT2D eigenvalue weighted by molar-refractivity contribution is 7.91. The summed E-state index contributed by atoms with van der Waals surface area (Å²) in [6, 6.07) is 12.0. The van der Waals surface area contributed by atoms with Crippen molar-refractivity contribution in [2.45, 2.75) is 56.9 Å². The van der Waals surface area contributed by atoms with Crippen molar-refractivity contribution in [1.29, 1.82) is 0 Å². The van der Waals surface area contributed by atoms with E-state index < -0.39 is 9.84 Å². The van der Waals surface area contributed by atoms with Gasteiger partial charge in [-0.1, -0.05) is 41.8 Å². The van der Waals surface area contributed by atoms with Gasteiger partial charge in [-0.2, -0.15) is 0 Å². The Morgan fingerprint density at radius 1 is 1.03 bits per heavy atom. The van der Waals surface area contributed by atoms with E-state index in [0.29, 0.717) is 34.7 Å². The van der Waals surface area contributed by atoms with Gasteiger partial charge in [0.15, 0.2) is 9.84 Å². The van der Waals surface area contributed by atoms with Crippen molar-refractivity contribution in [1.82, 2.24) is 0 Å². The van der Waals surface area contributed by atoms with Gasteiger partial charge in [-0.15, -0.1) is 12.4 Å². The second-order valence-electron chi connectivity index (χ2n) is 9.24. The Bertz CT molecular complexity index is 1060. The van der Waals surface area contributed by atoms with Crippen molar-refractivity contribution >= 4 is 45.4 Å². The van der Waals surface area contributed by atoms with Crippen LogP contribution in [-0.2, 0) is 22.7 Å². The van der Waals surface area contributed by atoms with Crippen LogP contribution in [0.4, 0.5) is 0 Å². The van der Waals surface area contributed by atoms with E-state index in [4.69, 9.17) is 33.7 Å². The Kier molecular flexibility index (Phi) is 9.39. The Hall–Kier alpha value is -0.980. The van der Waals surface area contributed by atoms with Crippen LogP contribution in [0.15, 0.2) is 36.4 Å². The lowest BCUT2D eigenvalue weighted by atomic mass is 9.76. The normalized spacial score (nSPS) is 20.5. The highest BCUT2D eigenvalue weighted by Crippen LogP contribution is 2.36. The topological polar surface area (TPSA) is 69.4 Å². The average molecular weight is 533 g/mol. The average Bonchev–Trinajstić information content (AvgIpc) is 2.73. The van der Waals surface area contributed by atoms with Gasteiger partial charge in [-0.25, -0.2) is 8.42 Å². The number of nitrogens with two attached hydrogens (primary N) is 1. The monoisotopic (exact) mass is 531 g/mol. The van der Waals surface area contributed by atoms with Gasteiger partial charge >= 0.3 is 0 Å². The van der Waals surface area contributed by atoms with Crippen LogP contribution in [0.5, 0.6) is 5.75 Å². The van der Waals surface area contributed by atoms with E-state index in [9.17, 15) is 8.42 Å². The van der Waals surface area contributed by atoms with E-state index in [1.165, 1.54) is 11.1 Å². The Balaban J connectivity index is 0.00000306. The molecule has 2 aliphatic rings. The number of halogens is 3. The molecule has 2 unspecified atom stereocenters. The third kappa shape index (κ3) is 7.02. The van der Waals surface area contributed by atoms with Crippen LogP contribution < -0.4 is 10.5 Å².